The van der Waals surface area contributed by atoms with Crippen molar-refractivity contribution in [1.29, 1.82) is 0 Å². The van der Waals surface area contributed by atoms with Crippen LogP contribution < -0.4 is 0 Å². The number of carbonyl (C=O) groups is 1. The van der Waals surface area contributed by atoms with Crippen LogP contribution in [0.3, 0.4) is 0 Å². The molecule has 3 N–H and O–H groups in total. The van der Waals surface area contributed by atoms with Crippen molar-refractivity contribution < 1.29 is 15.0 Å². The Kier molecular flexibility index (Phi) is 2.14. The molecule has 0 amide bonds. The van der Waals surface area contributed by atoms with Gasteiger partial charge in [0.05, 0.1) is 6.20 Å². The minimum Gasteiger partial charge on any atom is -0.479 e. The number of aliphatic carboxylic acids is 1. The van der Waals surface area contributed by atoms with Gasteiger partial charge in [-0.1, -0.05) is 0 Å². The van der Waals surface area contributed by atoms with Gasteiger partial charge in [0, 0.05) is 12.6 Å². The molecule has 0 aliphatic carbocycles. The van der Waals surface area contributed by atoms with E-state index in [-0.39, 0.29) is 6.42 Å². The number of carboxylic acids is 1. The molecule has 0 aliphatic rings. The molecular weight excluding hydrogens is 160 g/mol. The van der Waals surface area contributed by atoms with Crippen LogP contribution in [-0.4, -0.2) is 32.0 Å². The monoisotopic (exact) mass is 170 g/mol. The first-order valence-corrected chi connectivity index (χ1v) is 3.46. The van der Waals surface area contributed by atoms with Crippen molar-refractivity contribution in [3.8, 4) is 0 Å². The second-order valence-corrected chi connectivity index (χ2v) is 2.86. The van der Waals surface area contributed by atoms with Gasteiger partial charge >= 0.3 is 5.97 Å². The minimum absolute atomic E-state index is 0.0544. The second kappa shape index (κ2) is 2.94. The average Bonchev–Trinajstić information content (AvgIpc) is 2.38. The molecule has 5 heteroatoms. The topological polar surface area (TPSA) is 86.2 Å². The van der Waals surface area contributed by atoms with E-state index in [1.165, 1.54) is 13.1 Å². The third-order valence-electron chi connectivity index (χ3n) is 1.56. The van der Waals surface area contributed by atoms with Crippen molar-refractivity contribution in [3.05, 3.63) is 18.0 Å². The summed E-state index contributed by atoms with van der Waals surface area (Å²) in [7, 11) is 0. The van der Waals surface area contributed by atoms with Gasteiger partial charge in [0.15, 0.2) is 5.60 Å². The van der Waals surface area contributed by atoms with Gasteiger partial charge in [0.1, 0.15) is 0 Å². The maximum absolute atomic E-state index is 10.5. The number of rotatable bonds is 3. The first kappa shape index (κ1) is 8.73. The van der Waals surface area contributed by atoms with Crippen LogP contribution in [0.1, 0.15) is 12.5 Å². The fourth-order valence-electron chi connectivity index (χ4n) is 0.847. The summed E-state index contributed by atoms with van der Waals surface area (Å²) in [6.45, 7) is 1.25. The first-order chi connectivity index (χ1) is 5.52. The van der Waals surface area contributed by atoms with Crippen LogP contribution in [0.5, 0.6) is 0 Å². The average molecular weight is 170 g/mol. The second-order valence-electron chi connectivity index (χ2n) is 2.86. The molecule has 1 aromatic heterocycles. The molecule has 0 fully saturated rings. The summed E-state index contributed by atoms with van der Waals surface area (Å²) in [6.07, 6.45) is 3.09. The van der Waals surface area contributed by atoms with Crippen molar-refractivity contribution in [2.45, 2.75) is 18.9 Å². The molecule has 0 saturated carbocycles. The Balaban J connectivity index is 2.69. The molecule has 0 bridgehead atoms. The summed E-state index contributed by atoms with van der Waals surface area (Å²) >= 11 is 0. The molecule has 12 heavy (non-hydrogen) atoms. The fraction of sp³-hybridized carbons (Fsp3) is 0.429. The molecule has 0 radical (unpaired) electrons. The third kappa shape index (κ3) is 1.82. The number of carboxylic acid groups (broad SMARTS) is 1. The van der Waals surface area contributed by atoms with E-state index in [2.05, 4.69) is 10.2 Å². The van der Waals surface area contributed by atoms with E-state index >= 15 is 0 Å². The number of hydrogen-bond acceptors (Lipinski definition) is 3. The Bertz CT molecular complexity index is 266. The molecule has 66 valence electrons. The lowest BCUT2D eigenvalue weighted by atomic mass is 9.99. The van der Waals surface area contributed by atoms with Crippen LogP contribution >= 0.6 is 0 Å². The lowest BCUT2D eigenvalue weighted by molar-refractivity contribution is -0.156. The van der Waals surface area contributed by atoms with E-state index in [1.54, 1.807) is 6.20 Å². The molecule has 0 aromatic carbocycles. The van der Waals surface area contributed by atoms with Crippen LogP contribution in [0, 0.1) is 0 Å². The lowest BCUT2D eigenvalue weighted by Gasteiger charge is -2.15. The van der Waals surface area contributed by atoms with Crippen LogP contribution in [0.2, 0.25) is 0 Å². The smallest absolute Gasteiger partial charge is 0.335 e. The van der Waals surface area contributed by atoms with Gasteiger partial charge in [-0.15, -0.1) is 0 Å². The van der Waals surface area contributed by atoms with E-state index in [0.29, 0.717) is 5.56 Å². The number of H-pyrrole nitrogens is 1. The van der Waals surface area contributed by atoms with E-state index in [4.69, 9.17) is 5.11 Å². The van der Waals surface area contributed by atoms with E-state index < -0.39 is 11.6 Å². The molecule has 5 nitrogen and oxygen atoms in total. The molecular formula is C7H10N2O3. The van der Waals surface area contributed by atoms with Gasteiger partial charge in [-0.05, 0) is 12.5 Å². The quantitative estimate of drug-likeness (QED) is 0.585. The van der Waals surface area contributed by atoms with Crippen molar-refractivity contribution in [2.24, 2.45) is 0 Å². The predicted molar refractivity (Wildman–Crippen MR) is 40.6 cm³/mol. The first-order valence-electron chi connectivity index (χ1n) is 3.46. The molecule has 1 heterocycles. The lowest BCUT2D eigenvalue weighted by Crippen LogP contribution is -2.37. The number of aliphatic hydroxyl groups is 1. The summed E-state index contributed by atoms with van der Waals surface area (Å²) in [6, 6.07) is 0. The Hall–Kier alpha value is -1.36. The standard InChI is InChI=1S/C7H10N2O3/c1-7(12,6(10)11)2-5-3-8-9-4-5/h3-4,12H,2H2,1H3,(H,8,9)(H,10,11). The molecule has 0 spiro atoms. The van der Waals surface area contributed by atoms with Crippen molar-refractivity contribution in [2.75, 3.05) is 0 Å². The molecule has 1 atom stereocenters. The fourth-order valence-corrected chi connectivity index (χ4v) is 0.847. The summed E-state index contributed by atoms with van der Waals surface area (Å²) in [5, 5.41) is 24.1. The van der Waals surface area contributed by atoms with Crippen LogP contribution in [0.15, 0.2) is 12.4 Å². The molecule has 0 aliphatic heterocycles. The minimum atomic E-state index is -1.72. The Morgan fingerprint density at radius 3 is 2.92 bits per heavy atom. The van der Waals surface area contributed by atoms with Crippen molar-refractivity contribution in [1.82, 2.24) is 10.2 Å². The largest absolute Gasteiger partial charge is 0.479 e. The van der Waals surface area contributed by atoms with Gasteiger partial charge in [-0.3, -0.25) is 5.10 Å². The van der Waals surface area contributed by atoms with Crippen LogP contribution in [-0.2, 0) is 11.2 Å². The number of nitrogens with zero attached hydrogens (tertiary/aromatic N) is 1. The van der Waals surface area contributed by atoms with E-state index in [0.717, 1.165) is 0 Å². The van der Waals surface area contributed by atoms with Gasteiger partial charge in [-0.25, -0.2) is 4.79 Å². The van der Waals surface area contributed by atoms with Crippen LogP contribution in [0.25, 0.3) is 0 Å². The maximum atomic E-state index is 10.5. The Morgan fingerprint density at radius 1 is 1.83 bits per heavy atom. The summed E-state index contributed by atoms with van der Waals surface area (Å²) < 4.78 is 0. The SMILES string of the molecule is CC(O)(Cc1cn[nH]c1)C(=O)O. The highest BCUT2D eigenvalue weighted by Gasteiger charge is 2.30. The summed E-state index contributed by atoms with van der Waals surface area (Å²) in [4.78, 5) is 10.5. The van der Waals surface area contributed by atoms with Gasteiger partial charge in [0.25, 0.3) is 0 Å². The normalized spacial score (nSPS) is 15.5. The zero-order chi connectivity index (χ0) is 9.19. The Labute approximate surface area is 69.0 Å². The summed E-state index contributed by atoms with van der Waals surface area (Å²) in [5.74, 6) is -1.23. The van der Waals surface area contributed by atoms with Crippen molar-refractivity contribution >= 4 is 5.97 Å². The van der Waals surface area contributed by atoms with Gasteiger partial charge < -0.3 is 10.2 Å². The third-order valence-corrected chi connectivity index (χ3v) is 1.56. The van der Waals surface area contributed by atoms with Crippen LogP contribution in [0.4, 0.5) is 0 Å². The molecule has 0 saturated heterocycles. The number of aromatic nitrogens is 2. The summed E-state index contributed by atoms with van der Waals surface area (Å²) in [5.41, 5.74) is -1.05. The van der Waals surface area contributed by atoms with E-state index in [9.17, 15) is 9.90 Å². The molecule has 1 rings (SSSR count). The van der Waals surface area contributed by atoms with Gasteiger partial charge in [0.2, 0.25) is 0 Å². The number of hydrogen-bond donors (Lipinski definition) is 3. The van der Waals surface area contributed by atoms with Crippen molar-refractivity contribution in [3.63, 3.8) is 0 Å². The van der Waals surface area contributed by atoms with Gasteiger partial charge in [-0.2, -0.15) is 5.10 Å². The highest BCUT2D eigenvalue weighted by Crippen LogP contribution is 2.11. The highest BCUT2D eigenvalue weighted by atomic mass is 16.4. The Morgan fingerprint density at radius 2 is 2.50 bits per heavy atom. The maximum Gasteiger partial charge on any atom is 0.335 e. The number of aromatic amines is 1. The highest BCUT2D eigenvalue weighted by molar-refractivity contribution is 5.76. The van der Waals surface area contributed by atoms with E-state index in [1.807, 2.05) is 0 Å². The predicted octanol–water partition coefficient (Wildman–Crippen LogP) is -0.212. The molecule has 1 aromatic rings. The molecule has 1 unspecified atom stereocenters. The number of nitrogens with one attached hydrogen (secondary N) is 1. The zero-order valence-electron chi connectivity index (χ0n) is 6.61. The zero-order valence-corrected chi connectivity index (χ0v) is 6.61.